The molecule has 0 atom stereocenters. The van der Waals surface area contributed by atoms with Crippen molar-refractivity contribution in [3.8, 4) is 0 Å². The average molecular weight is 233 g/mol. The Morgan fingerprint density at radius 1 is 1.14 bits per heavy atom. The normalized spacial score (nSPS) is 14.7. The van der Waals surface area contributed by atoms with Crippen molar-refractivity contribution in [3.05, 3.63) is 34.9 Å². The molecule has 0 aromatic heterocycles. The summed E-state index contributed by atoms with van der Waals surface area (Å²) in [6.07, 6.45) is 2.56. The maximum absolute atomic E-state index is 5.74. The van der Waals surface area contributed by atoms with Gasteiger partial charge in [0.15, 0.2) is 0 Å². The lowest BCUT2D eigenvalue weighted by Crippen LogP contribution is -1.76. The van der Waals surface area contributed by atoms with Gasteiger partial charge in [-0.3, -0.25) is 0 Å². The van der Waals surface area contributed by atoms with Gasteiger partial charge in [-0.15, -0.1) is 11.6 Å². The minimum atomic E-state index is 0.486. The molecule has 0 unspecified atom stereocenters. The Balaban J connectivity index is 0.000000165. The summed E-state index contributed by atoms with van der Waals surface area (Å²) >= 11 is 11.3. The third kappa shape index (κ3) is 4.32. The molecule has 0 saturated carbocycles. The largest absolute Gasteiger partial charge is 0.381 e. The van der Waals surface area contributed by atoms with Crippen molar-refractivity contribution < 1.29 is 4.74 Å². The Morgan fingerprint density at radius 2 is 1.79 bits per heavy atom. The van der Waals surface area contributed by atoms with Gasteiger partial charge < -0.3 is 4.74 Å². The molecular formula is C11H14Cl2O. The van der Waals surface area contributed by atoms with E-state index in [-0.39, 0.29) is 0 Å². The van der Waals surface area contributed by atoms with Crippen LogP contribution in [0, 0.1) is 0 Å². The van der Waals surface area contributed by atoms with Gasteiger partial charge in [0.25, 0.3) is 0 Å². The van der Waals surface area contributed by atoms with Crippen molar-refractivity contribution in [2.75, 3.05) is 13.2 Å². The standard InChI is InChI=1S/C7H6Cl2.C4H8O/c8-5-6-3-1-2-4-7(6)9;1-2-4-5-3-1/h1-4H,5H2;1-4H2. The van der Waals surface area contributed by atoms with Gasteiger partial charge in [-0.1, -0.05) is 29.8 Å². The SMILES string of the molecule is C1CCOC1.ClCc1ccccc1Cl. The number of halogens is 2. The van der Waals surface area contributed by atoms with Gasteiger partial charge in [0.05, 0.1) is 0 Å². The smallest absolute Gasteiger partial charge is 0.0488 e. The molecule has 1 heterocycles. The van der Waals surface area contributed by atoms with Crippen molar-refractivity contribution in [3.63, 3.8) is 0 Å². The lowest BCUT2D eigenvalue weighted by Gasteiger charge is -1.94. The first-order chi connectivity index (χ1) is 6.84. The van der Waals surface area contributed by atoms with E-state index in [4.69, 9.17) is 27.9 Å². The summed E-state index contributed by atoms with van der Waals surface area (Å²) in [5.41, 5.74) is 0.987. The first-order valence-electron chi connectivity index (χ1n) is 4.71. The summed E-state index contributed by atoms with van der Waals surface area (Å²) in [6.45, 7) is 2.00. The number of hydrogen-bond donors (Lipinski definition) is 0. The van der Waals surface area contributed by atoms with Crippen LogP contribution in [0.1, 0.15) is 18.4 Å². The Hall–Kier alpha value is -0.240. The van der Waals surface area contributed by atoms with E-state index in [9.17, 15) is 0 Å². The summed E-state index contributed by atoms with van der Waals surface area (Å²) in [6, 6.07) is 7.55. The van der Waals surface area contributed by atoms with Crippen LogP contribution < -0.4 is 0 Å². The highest BCUT2D eigenvalue weighted by Gasteiger charge is 1.94. The van der Waals surface area contributed by atoms with Crippen LogP contribution in [0.15, 0.2) is 24.3 Å². The van der Waals surface area contributed by atoms with Gasteiger partial charge in [-0.2, -0.15) is 0 Å². The minimum Gasteiger partial charge on any atom is -0.381 e. The molecule has 78 valence electrons. The quantitative estimate of drug-likeness (QED) is 0.669. The molecule has 1 aromatic rings. The number of ether oxygens (including phenoxy) is 1. The van der Waals surface area contributed by atoms with Crippen LogP contribution in [0.4, 0.5) is 0 Å². The van der Waals surface area contributed by atoms with Crippen molar-refractivity contribution in [2.45, 2.75) is 18.7 Å². The highest BCUT2D eigenvalue weighted by atomic mass is 35.5. The molecule has 3 heteroatoms. The van der Waals surface area contributed by atoms with Gasteiger partial charge >= 0.3 is 0 Å². The first-order valence-corrected chi connectivity index (χ1v) is 5.63. The maximum Gasteiger partial charge on any atom is 0.0488 e. The van der Waals surface area contributed by atoms with Crippen LogP contribution in [0.25, 0.3) is 0 Å². The van der Waals surface area contributed by atoms with Crippen molar-refractivity contribution in [2.24, 2.45) is 0 Å². The van der Waals surface area contributed by atoms with E-state index in [1.54, 1.807) is 0 Å². The summed E-state index contributed by atoms with van der Waals surface area (Å²) in [4.78, 5) is 0. The van der Waals surface area contributed by atoms with Crippen LogP contribution in [0.3, 0.4) is 0 Å². The molecule has 0 aliphatic carbocycles. The second-order valence-electron chi connectivity index (χ2n) is 3.04. The van der Waals surface area contributed by atoms with Crippen LogP contribution >= 0.6 is 23.2 Å². The molecule has 1 aliphatic rings. The van der Waals surface area contributed by atoms with E-state index in [1.807, 2.05) is 24.3 Å². The second-order valence-corrected chi connectivity index (χ2v) is 3.72. The predicted molar refractivity (Wildman–Crippen MR) is 61.1 cm³/mol. The predicted octanol–water partition coefficient (Wildman–Crippen LogP) is 3.88. The minimum absolute atomic E-state index is 0.486. The molecule has 2 rings (SSSR count). The van der Waals surface area contributed by atoms with Gasteiger partial charge in [-0.05, 0) is 24.5 Å². The van der Waals surface area contributed by atoms with E-state index in [1.165, 1.54) is 12.8 Å². The summed E-state index contributed by atoms with van der Waals surface area (Å²) in [5, 5.41) is 0.743. The van der Waals surface area contributed by atoms with Crippen LogP contribution in [-0.2, 0) is 10.6 Å². The number of rotatable bonds is 1. The molecule has 0 spiro atoms. The van der Waals surface area contributed by atoms with Crippen molar-refractivity contribution in [1.29, 1.82) is 0 Å². The van der Waals surface area contributed by atoms with E-state index in [2.05, 4.69) is 0 Å². The fraction of sp³-hybridized carbons (Fsp3) is 0.455. The Labute approximate surface area is 95.0 Å². The molecule has 1 saturated heterocycles. The fourth-order valence-electron chi connectivity index (χ4n) is 1.12. The van der Waals surface area contributed by atoms with Crippen LogP contribution in [-0.4, -0.2) is 13.2 Å². The Morgan fingerprint density at radius 3 is 2.14 bits per heavy atom. The molecule has 14 heavy (non-hydrogen) atoms. The van der Waals surface area contributed by atoms with Gasteiger partial charge in [0.1, 0.15) is 0 Å². The zero-order chi connectivity index (χ0) is 10.2. The Kier molecular flexibility index (Phi) is 6.00. The fourth-order valence-corrected chi connectivity index (χ4v) is 1.62. The third-order valence-electron chi connectivity index (χ3n) is 1.93. The molecule has 1 aliphatic heterocycles. The van der Waals surface area contributed by atoms with Crippen LogP contribution in [0.2, 0.25) is 5.02 Å². The highest BCUT2D eigenvalue weighted by molar-refractivity contribution is 6.32. The topological polar surface area (TPSA) is 9.23 Å². The van der Waals surface area contributed by atoms with E-state index in [0.717, 1.165) is 23.8 Å². The average Bonchev–Trinajstić information content (AvgIpc) is 2.76. The van der Waals surface area contributed by atoms with E-state index < -0.39 is 0 Å². The first kappa shape index (κ1) is 11.8. The summed E-state index contributed by atoms with van der Waals surface area (Å²) in [5.74, 6) is 0.486. The summed E-state index contributed by atoms with van der Waals surface area (Å²) < 4.78 is 4.94. The Bertz CT molecular complexity index is 252. The molecule has 1 nitrogen and oxygen atoms in total. The lowest BCUT2D eigenvalue weighted by atomic mass is 10.2. The van der Waals surface area contributed by atoms with Gasteiger partial charge in [0.2, 0.25) is 0 Å². The molecule has 0 radical (unpaired) electrons. The summed E-state index contributed by atoms with van der Waals surface area (Å²) in [7, 11) is 0. The molecule has 0 amide bonds. The van der Waals surface area contributed by atoms with Gasteiger partial charge in [0, 0.05) is 24.1 Å². The molecule has 1 fully saturated rings. The third-order valence-corrected chi connectivity index (χ3v) is 2.59. The van der Waals surface area contributed by atoms with E-state index >= 15 is 0 Å². The molecule has 0 N–H and O–H groups in total. The lowest BCUT2D eigenvalue weighted by molar-refractivity contribution is 0.198. The number of hydrogen-bond acceptors (Lipinski definition) is 1. The number of benzene rings is 1. The molecular weight excluding hydrogens is 219 g/mol. The van der Waals surface area contributed by atoms with Crippen LogP contribution in [0.5, 0.6) is 0 Å². The van der Waals surface area contributed by atoms with Crippen molar-refractivity contribution >= 4 is 23.2 Å². The van der Waals surface area contributed by atoms with E-state index in [0.29, 0.717) is 5.88 Å². The molecule has 0 bridgehead atoms. The molecule has 1 aromatic carbocycles. The maximum atomic E-state index is 5.74. The zero-order valence-electron chi connectivity index (χ0n) is 8.01. The number of alkyl halides is 1. The highest BCUT2D eigenvalue weighted by Crippen LogP contribution is 2.15. The van der Waals surface area contributed by atoms with Gasteiger partial charge in [-0.25, -0.2) is 0 Å². The van der Waals surface area contributed by atoms with Crippen molar-refractivity contribution in [1.82, 2.24) is 0 Å². The monoisotopic (exact) mass is 232 g/mol. The zero-order valence-corrected chi connectivity index (χ0v) is 9.52. The second kappa shape index (κ2) is 7.10.